The lowest BCUT2D eigenvalue weighted by molar-refractivity contribution is 0.100. The number of aliphatic imine (C=N–C) groups is 1. The van der Waals surface area contributed by atoms with E-state index in [1.807, 2.05) is 31.2 Å². The third-order valence-electron chi connectivity index (χ3n) is 3.71. The van der Waals surface area contributed by atoms with Crippen LogP contribution in [-0.4, -0.2) is 18.4 Å². The predicted molar refractivity (Wildman–Crippen MR) is 113 cm³/mol. The number of halogens is 1. The first-order valence-corrected chi connectivity index (χ1v) is 8.05. The van der Waals surface area contributed by atoms with Crippen LogP contribution in [0.3, 0.4) is 0 Å². The standard InChI is InChI=1S/C19H24N4O.HI/c1-3-21-19(23-13-17-7-5-4-6-14(17)2)22-12-15-8-10-16(11-9-15)18(20)24;/h4-11H,3,12-13H2,1-2H3,(H2,20,24)(H2,21,22,23);1H. The zero-order valence-corrected chi connectivity index (χ0v) is 16.9. The van der Waals surface area contributed by atoms with Crippen molar-refractivity contribution in [2.24, 2.45) is 10.7 Å². The lowest BCUT2D eigenvalue weighted by Gasteiger charge is -2.12. The molecule has 6 heteroatoms. The first kappa shape index (κ1) is 21.0. The molecule has 0 fully saturated rings. The maximum Gasteiger partial charge on any atom is 0.248 e. The minimum atomic E-state index is -0.418. The molecule has 2 aromatic rings. The van der Waals surface area contributed by atoms with Crippen LogP contribution < -0.4 is 16.4 Å². The Kier molecular flexibility index (Phi) is 8.98. The highest BCUT2D eigenvalue weighted by atomic mass is 127. The second-order valence-electron chi connectivity index (χ2n) is 5.54. The smallest absolute Gasteiger partial charge is 0.248 e. The number of carbonyl (C=O) groups excluding carboxylic acids is 1. The molecule has 2 rings (SSSR count). The molecule has 0 aliphatic carbocycles. The van der Waals surface area contributed by atoms with Gasteiger partial charge in [-0.25, -0.2) is 4.99 Å². The van der Waals surface area contributed by atoms with E-state index in [-0.39, 0.29) is 24.0 Å². The third kappa shape index (κ3) is 6.74. The van der Waals surface area contributed by atoms with E-state index in [1.165, 1.54) is 11.1 Å². The van der Waals surface area contributed by atoms with E-state index in [0.29, 0.717) is 12.1 Å². The molecule has 0 atom stereocenters. The van der Waals surface area contributed by atoms with Crippen molar-refractivity contribution in [1.82, 2.24) is 10.6 Å². The van der Waals surface area contributed by atoms with Gasteiger partial charge in [-0.3, -0.25) is 4.79 Å². The number of nitrogens with two attached hydrogens (primary N) is 1. The summed E-state index contributed by atoms with van der Waals surface area (Å²) in [6.45, 7) is 6.18. The second-order valence-corrected chi connectivity index (χ2v) is 5.54. The summed E-state index contributed by atoms with van der Waals surface area (Å²) in [6.07, 6.45) is 0. The fraction of sp³-hybridized carbons (Fsp3) is 0.263. The number of rotatable bonds is 6. The summed E-state index contributed by atoms with van der Waals surface area (Å²) in [5.41, 5.74) is 9.27. The number of primary amides is 1. The number of amides is 1. The highest BCUT2D eigenvalue weighted by molar-refractivity contribution is 14.0. The highest BCUT2D eigenvalue weighted by Gasteiger charge is 2.02. The van der Waals surface area contributed by atoms with E-state index in [2.05, 4.69) is 34.7 Å². The first-order valence-electron chi connectivity index (χ1n) is 8.05. The van der Waals surface area contributed by atoms with Crippen molar-refractivity contribution in [2.75, 3.05) is 6.54 Å². The zero-order chi connectivity index (χ0) is 17.4. The summed E-state index contributed by atoms with van der Waals surface area (Å²) in [5, 5.41) is 6.58. The number of benzene rings is 2. The second kappa shape index (κ2) is 10.7. The summed E-state index contributed by atoms with van der Waals surface area (Å²) >= 11 is 0. The lowest BCUT2D eigenvalue weighted by atomic mass is 10.1. The molecular formula is C19H25IN4O. The number of hydrogen-bond acceptors (Lipinski definition) is 2. The predicted octanol–water partition coefficient (Wildman–Crippen LogP) is 2.97. The molecule has 0 saturated carbocycles. The molecule has 5 nitrogen and oxygen atoms in total. The van der Waals surface area contributed by atoms with Crippen LogP contribution in [0.15, 0.2) is 53.5 Å². The number of nitrogens with zero attached hydrogens (tertiary/aromatic N) is 1. The molecule has 0 saturated heterocycles. The highest BCUT2D eigenvalue weighted by Crippen LogP contribution is 2.07. The van der Waals surface area contributed by atoms with Gasteiger partial charge in [0.2, 0.25) is 5.91 Å². The Morgan fingerprint density at radius 2 is 1.76 bits per heavy atom. The molecule has 1 amide bonds. The normalized spacial score (nSPS) is 10.7. The molecule has 0 spiro atoms. The molecule has 0 radical (unpaired) electrons. The number of carbonyl (C=O) groups is 1. The number of hydrogen-bond donors (Lipinski definition) is 3. The number of nitrogens with one attached hydrogen (secondary N) is 2. The van der Waals surface area contributed by atoms with Gasteiger partial charge in [0, 0.05) is 18.7 Å². The van der Waals surface area contributed by atoms with Gasteiger partial charge in [-0.1, -0.05) is 36.4 Å². The van der Waals surface area contributed by atoms with Gasteiger partial charge in [0.05, 0.1) is 6.54 Å². The molecule has 0 aromatic heterocycles. The minimum absolute atomic E-state index is 0. The molecule has 25 heavy (non-hydrogen) atoms. The summed E-state index contributed by atoms with van der Waals surface area (Å²) < 4.78 is 0. The maximum absolute atomic E-state index is 11.1. The Morgan fingerprint density at radius 1 is 1.08 bits per heavy atom. The molecular weight excluding hydrogens is 427 g/mol. The molecule has 0 bridgehead atoms. The maximum atomic E-state index is 11.1. The van der Waals surface area contributed by atoms with Gasteiger partial charge in [-0.2, -0.15) is 0 Å². The Labute approximate surface area is 166 Å². The monoisotopic (exact) mass is 452 g/mol. The quantitative estimate of drug-likeness (QED) is 0.358. The fourth-order valence-electron chi connectivity index (χ4n) is 2.27. The number of aryl methyl sites for hydroxylation is 1. The SMILES string of the molecule is CCNC(=NCc1ccc(C(N)=O)cc1)NCc1ccccc1C.I. The van der Waals surface area contributed by atoms with E-state index in [9.17, 15) is 4.79 Å². The average Bonchev–Trinajstić information content (AvgIpc) is 2.59. The van der Waals surface area contributed by atoms with E-state index < -0.39 is 5.91 Å². The Balaban J connectivity index is 0.00000312. The van der Waals surface area contributed by atoms with Crippen LogP contribution in [-0.2, 0) is 13.1 Å². The Morgan fingerprint density at radius 3 is 2.36 bits per heavy atom. The molecule has 134 valence electrons. The van der Waals surface area contributed by atoms with Crippen LogP contribution in [0.1, 0.15) is 34.0 Å². The number of guanidine groups is 1. The molecule has 0 aliphatic heterocycles. The Hall–Kier alpha value is -2.09. The molecule has 0 unspecified atom stereocenters. The molecule has 0 heterocycles. The van der Waals surface area contributed by atoms with E-state index in [0.717, 1.165) is 24.6 Å². The molecule has 2 aromatic carbocycles. The van der Waals surface area contributed by atoms with Crippen molar-refractivity contribution in [2.45, 2.75) is 26.9 Å². The summed E-state index contributed by atoms with van der Waals surface area (Å²) in [6, 6.07) is 15.5. The first-order chi connectivity index (χ1) is 11.6. The minimum Gasteiger partial charge on any atom is -0.366 e. The van der Waals surface area contributed by atoms with Crippen LogP contribution >= 0.6 is 24.0 Å². The summed E-state index contributed by atoms with van der Waals surface area (Å²) in [5.74, 6) is 0.345. The Bertz CT molecular complexity index is 714. The van der Waals surface area contributed by atoms with Crippen molar-refractivity contribution >= 4 is 35.8 Å². The van der Waals surface area contributed by atoms with Gasteiger partial charge in [-0.15, -0.1) is 24.0 Å². The lowest BCUT2D eigenvalue weighted by Crippen LogP contribution is -2.36. The van der Waals surface area contributed by atoms with Gasteiger partial charge >= 0.3 is 0 Å². The van der Waals surface area contributed by atoms with Crippen LogP contribution in [0.25, 0.3) is 0 Å². The van der Waals surface area contributed by atoms with Crippen molar-refractivity contribution in [3.8, 4) is 0 Å². The van der Waals surface area contributed by atoms with Crippen LogP contribution in [0.2, 0.25) is 0 Å². The van der Waals surface area contributed by atoms with Gasteiger partial charge in [0.1, 0.15) is 0 Å². The largest absolute Gasteiger partial charge is 0.366 e. The van der Waals surface area contributed by atoms with E-state index >= 15 is 0 Å². The molecule has 0 aliphatic rings. The van der Waals surface area contributed by atoms with Crippen LogP contribution in [0, 0.1) is 6.92 Å². The molecule has 4 N–H and O–H groups in total. The van der Waals surface area contributed by atoms with Gasteiger partial charge < -0.3 is 16.4 Å². The van der Waals surface area contributed by atoms with E-state index in [4.69, 9.17) is 5.73 Å². The summed E-state index contributed by atoms with van der Waals surface area (Å²) in [7, 11) is 0. The van der Waals surface area contributed by atoms with Gasteiger partial charge in [-0.05, 0) is 42.7 Å². The van der Waals surface area contributed by atoms with Gasteiger partial charge in [0.25, 0.3) is 0 Å². The third-order valence-corrected chi connectivity index (χ3v) is 3.71. The van der Waals surface area contributed by atoms with Crippen molar-refractivity contribution in [3.63, 3.8) is 0 Å². The zero-order valence-electron chi connectivity index (χ0n) is 14.6. The topological polar surface area (TPSA) is 79.5 Å². The average molecular weight is 452 g/mol. The fourth-order valence-corrected chi connectivity index (χ4v) is 2.27. The van der Waals surface area contributed by atoms with Crippen molar-refractivity contribution in [3.05, 3.63) is 70.8 Å². The van der Waals surface area contributed by atoms with E-state index in [1.54, 1.807) is 12.1 Å². The van der Waals surface area contributed by atoms with Gasteiger partial charge in [0.15, 0.2) is 5.96 Å². The van der Waals surface area contributed by atoms with Crippen molar-refractivity contribution < 1.29 is 4.79 Å². The van der Waals surface area contributed by atoms with Crippen LogP contribution in [0.4, 0.5) is 0 Å². The van der Waals surface area contributed by atoms with Crippen molar-refractivity contribution in [1.29, 1.82) is 0 Å². The van der Waals surface area contributed by atoms with Crippen LogP contribution in [0.5, 0.6) is 0 Å². The summed E-state index contributed by atoms with van der Waals surface area (Å²) in [4.78, 5) is 15.7.